The predicted octanol–water partition coefficient (Wildman–Crippen LogP) is 4.88. The van der Waals surface area contributed by atoms with Crippen molar-refractivity contribution in [2.75, 3.05) is 30.8 Å². The molecule has 2 amide bonds. The van der Waals surface area contributed by atoms with Gasteiger partial charge in [-0.2, -0.15) is 13.2 Å². The molecule has 0 heterocycles. The van der Waals surface area contributed by atoms with Crippen molar-refractivity contribution < 1.29 is 31.9 Å². The Kier molecular flexibility index (Phi) is 8.30. The van der Waals surface area contributed by atoms with Gasteiger partial charge < -0.3 is 20.7 Å². The number of nitrogens with one attached hydrogen (secondary N) is 3. The van der Waals surface area contributed by atoms with E-state index in [4.69, 9.17) is 4.74 Å². The van der Waals surface area contributed by atoms with E-state index in [9.17, 15) is 27.2 Å². The third kappa shape index (κ3) is 7.46. The van der Waals surface area contributed by atoms with Crippen molar-refractivity contribution in [3.8, 4) is 5.75 Å². The van der Waals surface area contributed by atoms with Gasteiger partial charge >= 0.3 is 6.18 Å². The lowest BCUT2D eigenvalue weighted by Gasteiger charge is -2.16. The van der Waals surface area contributed by atoms with Gasteiger partial charge in [0.1, 0.15) is 11.6 Å². The van der Waals surface area contributed by atoms with Crippen LogP contribution in [0.25, 0.3) is 0 Å². The molecule has 0 aliphatic carbocycles. The zero-order valence-corrected chi connectivity index (χ0v) is 18.7. The Morgan fingerprint density at radius 3 is 2.26 bits per heavy atom. The minimum Gasteiger partial charge on any atom is -0.497 e. The van der Waals surface area contributed by atoms with Crippen LogP contribution in [0, 0.1) is 5.82 Å². The number of carbonyl (C=O) groups is 2. The van der Waals surface area contributed by atoms with E-state index in [1.165, 1.54) is 18.2 Å². The average Bonchev–Trinajstić information content (AvgIpc) is 2.83. The highest BCUT2D eigenvalue weighted by Gasteiger charge is 2.34. The molecule has 0 unspecified atom stereocenters. The Bertz CT molecular complexity index is 1160. The van der Waals surface area contributed by atoms with Crippen molar-refractivity contribution in [2.24, 2.45) is 0 Å². The molecule has 0 fully saturated rings. The summed E-state index contributed by atoms with van der Waals surface area (Å²) in [5.41, 5.74) is -0.380. The fraction of sp³-hybridized carbons (Fsp3) is 0.200. The Morgan fingerprint density at radius 1 is 0.943 bits per heavy atom. The summed E-state index contributed by atoms with van der Waals surface area (Å²) in [6, 6.07) is 15.1. The fourth-order valence-electron chi connectivity index (χ4n) is 3.19. The predicted molar refractivity (Wildman–Crippen MR) is 124 cm³/mol. The number of carbonyl (C=O) groups excluding carboxylic acids is 2. The molecule has 3 aromatic rings. The van der Waals surface area contributed by atoms with E-state index in [0.29, 0.717) is 18.7 Å². The third-order valence-electron chi connectivity index (χ3n) is 5.02. The van der Waals surface area contributed by atoms with Crippen LogP contribution in [0.4, 0.5) is 28.9 Å². The molecule has 0 atom stereocenters. The molecule has 0 saturated carbocycles. The van der Waals surface area contributed by atoms with Crippen molar-refractivity contribution in [1.29, 1.82) is 0 Å². The van der Waals surface area contributed by atoms with Crippen molar-refractivity contribution in [3.05, 3.63) is 89.2 Å². The molecular formula is C25H23F4N3O3. The second-order valence-electron chi connectivity index (χ2n) is 7.52. The number of anilines is 2. The summed E-state index contributed by atoms with van der Waals surface area (Å²) in [5.74, 6) is -0.986. The Labute approximate surface area is 199 Å². The van der Waals surface area contributed by atoms with Gasteiger partial charge in [-0.25, -0.2) is 4.39 Å². The molecule has 3 N–H and O–H groups in total. The quantitative estimate of drug-likeness (QED) is 0.375. The number of ether oxygens (including phenoxy) is 1. The summed E-state index contributed by atoms with van der Waals surface area (Å²) >= 11 is 0. The zero-order chi connectivity index (χ0) is 25.4. The first-order valence-corrected chi connectivity index (χ1v) is 10.6. The molecule has 3 rings (SSSR count). The van der Waals surface area contributed by atoms with E-state index in [1.807, 2.05) is 12.1 Å². The van der Waals surface area contributed by atoms with Gasteiger partial charge in [-0.15, -0.1) is 0 Å². The SMILES string of the molecule is COc1ccc(CCNC(=O)CNc2ccc(NC(=O)c3ccc(F)cc3)cc2C(F)(F)F)cc1. The van der Waals surface area contributed by atoms with Gasteiger partial charge in [-0.3, -0.25) is 9.59 Å². The molecule has 0 bridgehead atoms. The number of rotatable bonds is 9. The van der Waals surface area contributed by atoms with Crippen LogP contribution in [0.3, 0.4) is 0 Å². The average molecular weight is 489 g/mol. The smallest absolute Gasteiger partial charge is 0.418 e. The first-order valence-electron chi connectivity index (χ1n) is 10.6. The monoisotopic (exact) mass is 489 g/mol. The van der Waals surface area contributed by atoms with Crippen LogP contribution in [0.1, 0.15) is 21.5 Å². The molecule has 0 aliphatic rings. The van der Waals surface area contributed by atoms with E-state index >= 15 is 0 Å². The summed E-state index contributed by atoms with van der Waals surface area (Å²) in [4.78, 5) is 24.3. The van der Waals surface area contributed by atoms with E-state index in [-0.39, 0.29) is 23.5 Å². The second-order valence-corrected chi connectivity index (χ2v) is 7.52. The van der Waals surface area contributed by atoms with E-state index < -0.39 is 29.4 Å². The first kappa shape index (κ1) is 25.5. The Balaban J connectivity index is 1.58. The second kappa shape index (κ2) is 11.4. The summed E-state index contributed by atoms with van der Waals surface area (Å²) < 4.78 is 58.9. The number of hydrogen-bond acceptors (Lipinski definition) is 4. The topological polar surface area (TPSA) is 79.5 Å². The number of alkyl halides is 3. The van der Waals surface area contributed by atoms with Gasteiger partial charge in [0.15, 0.2) is 0 Å². The molecule has 3 aromatic carbocycles. The summed E-state index contributed by atoms with van der Waals surface area (Å²) in [5, 5.41) is 7.51. The van der Waals surface area contributed by atoms with E-state index in [2.05, 4.69) is 16.0 Å². The highest BCUT2D eigenvalue weighted by molar-refractivity contribution is 6.04. The maximum absolute atomic E-state index is 13.6. The highest BCUT2D eigenvalue weighted by Crippen LogP contribution is 2.36. The Hall–Kier alpha value is -4.08. The molecule has 6 nitrogen and oxygen atoms in total. The minimum absolute atomic E-state index is 0.0912. The largest absolute Gasteiger partial charge is 0.497 e. The number of halogens is 4. The number of amides is 2. The fourth-order valence-corrected chi connectivity index (χ4v) is 3.19. The Morgan fingerprint density at radius 2 is 1.63 bits per heavy atom. The summed E-state index contributed by atoms with van der Waals surface area (Å²) in [6.45, 7) is -0.0553. The van der Waals surface area contributed by atoms with Crippen molar-refractivity contribution in [3.63, 3.8) is 0 Å². The molecule has 10 heteroatoms. The van der Waals surface area contributed by atoms with Gasteiger partial charge in [0.25, 0.3) is 5.91 Å². The van der Waals surface area contributed by atoms with Crippen LogP contribution in [0.15, 0.2) is 66.7 Å². The molecule has 0 saturated heterocycles. The third-order valence-corrected chi connectivity index (χ3v) is 5.02. The lowest BCUT2D eigenvalue weighted by atomic mass is 10.1. The van der Waals surface area contributed by atoms with Crippen LogP contribution in [-0.4, -0.2) is 32.0 Å². The van der Waals surface area contributed by atoms with E-state index in [1.54, 1.807) is 19.2 Å². The van der Waals surface area contributed by atoms with Gasteiger partial charge in [0.2, 0.25) is 5.91 Å². The van der Waals surface area contributed by atoms with Gasteiger partial charge in [0, 0.05) is 23.5 Å². The first-order chi connectivity index (χ1) is 16.7. The van der Waals surface area contributed by atoms with Crippen LogP contribution in [0.5, 0.6) is 5.75 Å². The van der Waals surface area contributed by atoms with Crippen molar-refractivity contribution in [2.45, 2.75) is 12.6 Å². The normalized spacial score (nSPS) is 11.0. The van der Waals surface area contributed by atoms with Crippen molar-refractivity contribution in [1.82, 2.24) is 5.32 Å². The van der Waals surface area contributed by atoms with Gasteiger partial charge in [-0.1, -0.05) is 12.1 Å². The highest BCUT2D eigenvalue weighted by atomic mass is 19.4. The molecule has 0 radical (unpaired) electrons. The number of benzene rings is 3. The van der Waals surface area contributed by atoms with Gasteiger partial charge in [-0.05, 0) is 66.6 Å². The lowest BCUT2D eigenvalue weighted by molar-refractivity contribution is -0.137. The maximum atomic E-state index is 13.6. The summed E-state index contributed by atoms with van der Waals surface area (Å²) in [7, 11) is 1.56. The van der Waals surface area contributed by atoms with E-state index in [0.717, 1.165) is 29.8 Å². The van der Waals surface area contributed by atoms with Crippen LogP contribution in [-0.2, 0) is 17.4 Å². The van der Waals surface area contributed by atoms with Gasteiger partial charge in [0.05, 0.1) is 19.2 Å². The molecule has 0 aromatic heterocycles. The van der Waals surface area contributed by atoms with Crippen LogP contribution >= 0.6 is 0 Å². The minimum atomic E-state index is -4.73. The van der Waals surface area contributed by atoms with Crippen LogP contribution < -0.4 is 20.7 Å². The molecule has 184 valence electrons. The molecule has 35 heavy (non-hydrogen) atoms. The molecule has 0 aliphatic heterocycles. The summed E-state index contributed by atoms with van der Waals surface area (Å²) in [6.07, 6.45) is -4.18. The lowest BCUT2D eigenvalue weighted by Crippen LogP contribution is -2.31. The maximum Gasteiger partial charge on any atom is 0.418 e. The zero-order valence-electron chi connectivity index (χ0n) is 18.7. The van der Waals surface area contributed by atoms with Crippen LogP contribution in [0.2, 0.25) is 0 Å². The molecular weight excluding hydrogens is 466 g/mol. The standard InChI is InChI=1S/C25H23F4N3O3/c1-35-20-9-2-16(3-10-20)12-13-30-23(33)15-31-22-11-8-19(14-21(22)25(27,28)29)32-24(34)17-4-6-18(26)7-5-17/h2-11,14,31H,12-13,15H2,1H3,(H,30,33)(H,32,34). The molecule has 0 spiro atoms. The van der Waals surface area contributed by atoms with Crippen molar-refractivity contribution >= 4 is 23.2 Å². The number of hydrogen-bond donors (Lipinski definition) is 3. The number of methoxy groups -OCH3 is 1.